The summed E-state index contributed by atoms with van der Waals surface area (Å²) in [6.07, 6.45) is 5.15. The van der Waals surface area contributed by atoms with Gasteiger partial charge in [-0.05, 0) is 91.1 Å². The Morgan fingerprint density at radius 1 is 0.979 bits per heavy atom. The summed E-state index contributed by atoms with van der Waals surface area (Å²) in [4.78, 5) is 29.2. The third-order valence-corrected chi connectivity index (χ3v) is 8.88. The van der Waals surface area contributed by atoms with Crippen LogP contribution in [0.5, 0.6) is 5.75 Å². The van der Waals surface area contributed by atoms with Crippen LogP contribution in [0.4, 0.5) is 4.39 Å². The number of aliphatic hydroxyl groups excluding tert-OH is 1. The number of halogens is 3. The lowest BCUT2D eigenvalue weighted by Gasteiger charge is -2.25. The summed E-state index contributed by atoms with van der Waals surface area (Å²) in [5.41, 5.74) is 4.52. The maximum absolute atomic E-state index is 15.9. The molecule has 1 unspecified atom stereocenters. The fraction of sp³-hybridized carbons (Fsp3) is 0.270. The van der Waals surface area contributed by atoms with Gasteiger partial charge in [0.15, 0.2) is 0 Å². The van der Waals surface area contributed by atoms with Gasteiger partial charge >= 0.3 is 5.97 Å². The number of nitrogens with one attached hydrogen (secondary N) is 1. The molecule has 48 heavy (non-hydrogen) atoms. The molecule has 0 bridgehead atoms. The molecule has 250 valence electrons. The second-order valence-electron chi connectivity index (χ2n) is 12.0. The Kier molecular flexibility index (Phi) is 11.0. The largest absolute Gasteiger partial charge is 0.489 e. The van der Waals surface area contributed by atoms with Gasteiger partial charge in [-0.1, -0.05) is 49.1 Å². The first kappa shape index (κ1) is 34.9. The van der Waals surface area contributed by atoms with Gasteiger partial charge in [-0.3, -0.25) is 4.79 Å². The van der Waals surface area contributed by atoms with Crippen molar-refractivity contribution in [3.05, 3.63) is 106 Å². The number of amides is 1. The van der Waals surface area contributed by atoms with Crippen molar-refractivity contribution in [2.75, 3.05) is 6.61 Å². The zero-order chi connectivity index (χ0) is 33.1. The molecule has 0 saturated heterocycles. The number of aromatic nitrogens is 2. The normalized spacial score (nSPS) is 13.9. The molecule has 3 N–H and O–H groups in total. The Hall–Kier alpha value is -4.44. The zero-order valence-corrected chi connectivity index (χ0v) is 27.9. The van der Waals surface area contributed by atoms with E-state index in [-0.39, 0.29) is 43.1 Å². The number of hydrogen-bond acceptors (Lipinski definition) is 5. The minimum absolute atomic E-state index is 0. The molecule has 0 spiro atoms. The summed E-state index contributed by atoms with van der Waals surface area (Å²) in [7, 11) is 0. The lowest BCUT2D eigenvalue weighted by molar-refractivity contribution is 0.0696. The number of aromatic carboxylic acids is 1. The number of aliphatic hydroxyl groups is 1. The SMILES string of the molecule is CC(CO)NC(=O)c1ccc(-c2ccc(Cl)cc2)c(COc2ccc(-c3nc4cc(C(=O)O)ccc4n3C3CCCCC3)c(F)c2)c1.Cl. The quantitative estimate of drug-likeness (QED) is 0.135. The van der Waals surface area contributed by atoms with E-state index in [1.807, 2.05) is 18.2 Å². The predicted octanol–water partition coefficient (Wildman–Crippen LogP) is 8.48. The van der Waals surface area contributed by atoms with E-state index in [2.05, 4.69) is 9.88 Å². The smallest absolute Gasteiger partial charge is 0.335 e. The van der Waals surface area contributed by atoms with Gasteiger partial charge in [0.2, 0.25) is 0 Å². The third kappa shape index (κ3) is 7.49. The highest BCUT2D eigenvalue weighted by Gasteiger charge is 2.25. The average Bonchev–Trinajstić information content (AvgIpc) is 3.46. The fourth-order valence-electron chi connectivity index (χ4n) is 6.18. The molecular formula is C37H36Cl2FN3O5. The van der Waals surface area contributed by atoms with Crippen LogP contribution in [0.15, 0.2) is 78.9 Å². The number of carbonyl (C=O) groups excluding carboxylic acids is 1. The zero-order valence-electron chi connectivity index (χ0n) is 26.3. The van der Waals surface area contributed by atoms with Crippen LogP contribution >= 0.6 is 24.0 Å². The van der Waals surface area contributed by atoms with Gasteiger partial charge in [0.25, 0.3) is 5.91 Å². The van der Waals surface area contributed by atoms with E-state index >= 15 is 4.39 Å². The molecule has 8 nitrogen and oxygen atoms in total. The van der Waals surface area contributed by atoms with Crippen molar-refractivity contribution in [1.82, 2.24) is 14.9 Å². The summed E-state index contributed by atoms with van der Waals surface area (Å²) in [6, 6.07) is 21.8. The molecule has 1 heterocycles. The van der Waals surface area contributed by atoms with E-state index in [1.165, 1.54) is 12.1 Å². The third-order valence-electron chi connectivity index (χ3n) is 8.63. The number of benzene rings is 4. The summed E-state index contributed by atoms with van der Waals surface area (Å²) in [5.74, 6) is -1.14. The van der Waals surface area contributed by atoms with Crippen molar-refractivity contribution in [3.8, 4) is 28.3 Å². The van der Waals surface area contributed by atoms with E-state index in [4.69, 9.17) is 21.3 Å². The molecule has 1 fully saturated rings. The van der Waals surface area contributed by atoms with Crippen LogP contribution in [0.25, 0.3) is 33.5 Å². The minimum Gasteiger partial charge on any atom is -0.489 e. The number of carboxylic acid groups (broad SMARTS) is 1. The number of rotatable bonds is 10. The number of carbonyl (C=O) groups is 2. The topological polar surface area (TPSA) is 114 Å². The summed E-state index contributed by atoms with van der Waals surface area (Å²) in [6.45, 7) is 1.57. The van der Waals surface area contributed by atoms with Gasteiger partial charge in [0.1, 0.15) is 24.0 Å². The molecule has 1 aliphatic carbocycles. The summed E-state index contributed by atoms with van der Waals surface area (Å²) < 4.78 is 24.1. The lowest BCUT2D eigenvalue weighted by Crippen LogP contribution is -2.35. The number of nitrogens with zero attached hydrogens (tertiary/aromatic N) is 2. The van der Waals surface area contributed by atoms with Gasteiger partial charge in [-0.2, -0.15) is 0 Å². The number of imidazole rings is 1. The predicted molar refractivity (Wildman–Crippen MR) is 187 cm³/mol. The molecule has 1 aromatic heterocycles. The van der Waals surface area contributed by atoms with Crippen LogP contribution in [0, 0.1) is 5.82 Å². The summed E-state index contributed by atoms with van der Waals surface area (Å²) >= 11 is 6.11. The van der Waals surface area contributed by atoms with Crippen molar-refractivity contribution in [3.63, 3.8) is 0 Å². The number of ether oxygens (including phenoxy) is 1. The van der Waals surface area contributed by atoms with E-state index < -0.39 is 17.8 Å². The Morgan fingerprint density at radius 3 is 2.38 bits per heavy atom. The van der Waals surface area contributed by atoms with Gasteiger partial charge in [0.05, 0.1) is 28.8 Å². The molecule has 6 rings (SSSR count). The molecule has 1 saturated carbocycles. The molecular weight excluding hydrogens is 656 g/mol. The maximum atomic E-state index is 15.9. The second kappa shape index (κ2) is 15.2. The minimum atomic E-state index is -1.04. The van der Waals surface area contributed by atoms with E-state index in [0.29, 0.717) is 38.8 Å². The van der Waals surface area contributed by atoms with Crippen LogP contribution in [0.1, 0.15) is 71.3 Å². The van der Waals surface area contributed by atoms with Crippen molar-refractivity contribution in [1.29, 1.82) is 0 Å². The second-order valence-corrected chi connectivity index (χ2v) is 12.4. The lowest BCUT2D eigenvalue weighted by atomic mass is 9.94. The van der Waals surface area contributed by atoms with E-state index in [0.717, 1.165) is 48.7 Å². The van der Waals surface area contributed by atoms with Gasteiger partial charge in [-0.15, -0.1) is 12.4 Å². The van der Waals surface area contributed by atoms with Crippen LogP contribution < -0.4 is 10.1 Å². The first-order valence-electron chi connectivity index (χ1n) is 15.7. The van der Waals surface area contributed by atoms with E-state index in [1.54, 1.807) is 55.5 Å². The molecule has 1 amide bonds. The Morgan fingerprint density at radius 2 is 1.69 bits per heavy atom. The van der Waals surface area contributed by atoms with Crippen molar-refractivity contribution >= 4 is 46.9 Å². The van der Waals surface area contributed by atoms with Crippen molar-refractivity contribution < 1.29 is 28.9 Å². The summed E-state index contributed by atoms with van der Waals surface area (Å²) in [5, 5.41) is 22.3. The molecule has 11 heteroatoms. The standard InChI is InChI=1S/C37H35ClFN3O5.ClH/c1-22(20-43)40-36(44)24-9-14-30(23-7-11-27(38)12-8-23)26(17-24)21-47-29-13-15-31(32(39)19-29)35-41-33-18-25(37(45)46)10-16-34(33)42(35)28-5-3-2-4-6-28;/h7-19,22,28,43H,2-6,20-21H2,1H3,(H,40,44)(H,45,46);1H. The highest BCUT2D eigenvalue weighted by atomic mass is 35.5. The van der Waals surface area contributed by atoms with Gasteiger partial charge < -0.3 is 24.8 Å². The highest BCUT2D eigenvalue weighted by molar-refractivity contribution is 6.30. The number of carboxylic acids is 1. The molecule has 0 aliphatic heterocycles. The van der Waals surface area contributed by atoms with Crippen molar-refractivity contribution in [2.24, 2.45) is 0 Å². The molecule has 1 atom stereocenters. The van der Waals surface area contributed by atoms with Crippen LogP contribution in [0.2, 0.25) is 5.02 Å². The fourth-order valence-corrected chi connectivity index (χ4v) is 6.30. The molecule has 4 aromatic carbocycles. The highest BCUT2D eigenvalue weighted by Crippen LogP contribution is 2.38. The maximum Gasteiger partial charge on any atom is 0.335 e. The number of hydrogen-bond donors (Lipinski definition) is 3. The first-order chi connectivity index (χ1) is 22.7. The van der Waals surface area contributed by atoms with Gasteiger partial charge in [0, 0.05) is 28.7 Å². The average molecular weight is 693 g/mol. The van der Waals surface area contributed by atoms with Gasteiger partial charge in [-0.25, -0.2) is 14.2 Å². The van der Waals surface area contributed by atoms with Crippen LogP contribution in [-0.2, 0) is 6.61 Å². The number of fused-ring (bicyclic) bond motifs is 1. The van der Waals surface area contributed by atoms with Crippen LogP contribution in [0.3, 0.4) is 0 Å². The Balaban J connectivity index is 0.00000451. The van der Waals surface area contributed by atoms with Crippen molar-refractivity contribution in [2.45, 2.75) is 57.7 Å². The molecule has 0 radical (unpaired) electrons. The Bertz CT molecular complexity index is 1940. The van der Waals surface area contributed by atoms with Crippen LogP contribution in [-0.4, -0.2) is 44.3 Å². The molecule has 1 aliphatic rings. The first-order valence-corrected chi connectivity index (χ1v) is 16.1. The molecule has 5 aromatic rings. The monoisotopic (exact) mass is 691 g/mol. The van der Waals surface area contributed by atoms with E-state index in [9.17, 15) is 19.8 Å². The Labute approximate surface area is 288 Å².